The second kappa shape index (κ2) is 6.89. The molecular formula is C15H23N5O2. The van der Waals surface area contributed by atoms with Gasteiger partial charge in [-0.05, 0) is 25.7 Å². The minimum atomic E-state index is -0.373. The van der Waals surface area contributed by atoms with E-state index in [1.165, 1.54) is 38.4 Å². The number of hydrogen-bond donors (Lipinski definition) is 2. The lowest BCUT2D eigenvalue weighted by Crippen LogP contribution is -2.24. The Labute approximate surface area is 130 Å². The molecule has 7 heteroatoms. The van der Waals surface area contributed by atoms with E-state index in [4.69, 9.17) is 0 Å². The summed E-state index contributed by atoms with van der Waals surface area (Å²) in [6, 6.07) is 0.567. The maximum absolute atomic E-state index is 11.5. The van der Waals surface area contributed by atoms with Gasteiger partial charge in [-0.1, -0.05) is 32.1 Å². The van der Waals surface area contributed by atoms with Crippen molar-refractivity contribution in [3.8, 4) is 0 Å². The fourth-order valence-electron chi connectivity index (χ4n) is 3.47. The molecule has 120 valence electrons. The van der Waals surface area contributed by atoms with Gasteiger partial charge in [-0.25, -0.2) is 9.97 Å². The molecule has 22 heavy (non-hydrogen) atoms. The number of rotatable bonds is 5. The molecule has 0 bridgehead atoms. The number of nitrogens with one attached hydrogen (secondary N) is 2. The smallest absolute Gasteiger partial charge is 0.353 e. The zero-order chi connectivity index (χ0) is 15.4. The molecule has 0 aromatic carbocycles. The van der Waals surface area contributed by atoms with Crippen LogP contribution in [0.3, 0.4) is 0 Å². The molecule has 7 nitrogen and oxygen atoms in total. The fourth-order valence-corrected chi connectivity index (χ4v) is 3.47. The highest BCUT2D eigenvalue weighted by atomic mass is 16.6. The number of anilines is 2. The molecule has 0 atom stereocenters. The number of nitrogens with zero attached hydrogens (tertiary/aromatic N) is 3. The third-order valence-electron chi connectivity index (χ3n) is 4.65. The van der Waals surface area contributed by atoms with Crippen LogP contribution in [-0.2, 0) is 0 Å². The first-order chi connectivity index (χ1) is 10.7. The van der Waals surface area contributed by atoms with E-state index in [1.807, 2.05) is 0 Å². The maximum Gasteiger partial charge on any atom is 0.353 e. The summed E-state index contributed by atoms with van der Waals surface area (Å²) >= 11 is 0. The summed E-state index contributed by atoms with van der Waals surface area (Å²) in [4.78, 5) is 19.4. The van der Waals surface area contributed by atoms with Crippen molar-refractivity contribution in [3.05, 3.63) is 16.4 Å². The Hall–Kier alpha value is -1.92. The summed E-state index contributed by atoms with van der Waals surface area (Å²) in [6.07, 6.45) is 11.5. The van der Waals surface area contributed by atoms with E-state index in [-0.39, 0.29) is 22.7 Å². The highest BCUT2D eigenvalue weighted by Crippen LogP contribution is 2.33. The van der Waals surface area contributed by atoms with Gasteiger partial charge < -0.3 is 10.6 Å². The molecule has 0 saturated heterocycles. The van der Waals surface area contributed by atoms with Gasteiger partial charge in [0.1, 0.15) is 6.33 Å². The summed E-state index contributed by atoms with van der Waals surface area (Å²) in [7, 11) is 0. The van der Waals surface area contributed by atoms with Crippen LogP contribution in [0.5, 0.6) is 0 Å². The summed E-state index contributed by atoms with van der Waals surface area (Å²) in [5.74, 6) is 0.706. The molecule has 0 unspecified atom stereocenters. The number of nitro groups is 1. The predicted octanol–water partition coefficient (Wildman–Crippen LogP) is 3.48. The molecule has 2 aliphatic rings. The highest BCUT2D eigenvalue weighted by molar-refractivity contribution is 5.69. The average molecular weight is 305 g/mol. The lowest BCUT2D eigenvalue weighted by Gasteiger charge is -2.23. The van der Waals surface area contributed by atoms with E-state index >= 15 is 0 Å². The van der Waals surface area contributed by atoms with Crippen LogP contribution < -0.4 is 10.6 Å². The maximum atomic E-state index is 11.5. The van der Waals surface area contributed by atoms with E-state index < -0.39 is 0 Å². The van der Waals surface area contributed by atoms with Crippen molar-refractivity contribution < 1.29 is 4.92 Å². The zero-order valence-electron chi connectivity index (χ0n) is 12.8. The second-order valence-corrected chi connectivity index (χ2v) is 6.28. The van der Waals surface area contributed by atoms with Crippen molar-refractivity contribution in [1.82, 2.24) is 9.97 Å². The second-order valence-electron chi connectivity index (χ2n) is 6.28. The molecule has 2 saturated carbocycles. The van der Waals surface area contributed by atoms with Crippen LogP contribution in [0, 0.1) is 10.1 Å². The molecule has 3 rings (SSSR count). The molecular weight excluding hydrogens is 282 g/mol. The van der Waals surface area contributed by atoms with Gasteiger partial charge in [0.15, 0.2) is 0 Å². The largest absolute Gasteiger partial charge is 0.361 e. The molecule has 2 fully saturated rings. The Morgan fingerprint density at radius 1 is 0.909 bits per heavy atom. The van der Waals surface area contributed by atoms with Gasteiger partial charge in [0.05, 0.1) is 4.92 Å². The minimum absolute atomic E-state index is 0.0139. The molecule has 2 aliphatic carbocycles. The molecule has 1 heterocycles. The van der Waals surface area contributed by atoms with Gasteiger partial charge in [0.25, 0.3) is 0 Å². The first-order valence-corrected chi connectivity index (χ1v) is 8.26. The third-order valence-corrected chi connectivity index (χ3v) is 4.65. The van der Waals surface area contributed by atoms with E-state index in [1.54, 1.807) is 0 Å². The summed E-state index contributed by atoms with van der Waals surface area (Å²) in [5, 5.41) is 18.0. The standard InChI is InChI=1S/C15H23N5O2/c21-20(22)13-14(18-11-6-2-1-3-7-11)16-10-17-15(13)19-12-8-4-5-9-12/h10-12H,1-9H2,(H2,16,17,18,19). The molecule has 0 radical (unpaired) electrons. The zero-order valence-corrected chi connectivity index (χ0v) is 12.8. The molecule has 0 aliphatic heterocycles. The quantitative estimate of drug-likeness (QED) is 0.639. The van der Waals surface area contributed by atoms with Crippen molar-refractivity contribution in [2.45, 2.75) is 69.9 Å². The van der Waals surface area contributed by atoms with Crippen LogP contribution in [0.15, 0.2) is 6.33 Å². The van der Waals surface area contributed by atoms with Gasteiger partial charge in [-0.15, -0.1) is 0 Å². The lowest BCUT2D eigenvalue weighted by molar-refractivity contribution is -0.383. The summed E-state index contributed by atoms with van der Waals surface area (Å²) < 4.78 is 0. The van der Waals surface area contributed by atoms with Crippen molar-refractivity contribution in [1.29, 1.82) is 0 Å². The molecule has 1 aromatic heterocycles. The van der Waals surface area contributed by atoms with Gasteiger partial charge in [0, 0.05) is 12.1 Å². The van der Waals surface area contributed by atoms with E-state index in [9.17, 15) is 10.1 Å². The topological polar surface area (TPSA) is 93.0 Å². The molecule has 0 spiro atoms. The van der Waals surface area contributed by atoms with Gasteiger partial charge in [-0.2, -0.15) is 0 Å². The first kappa shape index (κ1) is 15.0. The Morgan fingerprint density at radius 3 is 1.82 bits per heavy atom. The fraction of sp³-hybridized carbons (Fsp3) is 0.733. The van der Waals surface area contributed by atoms with Crippen molar-refractivity contribution >= 4 is 17.3 Å². The van der Waals surface area contributed by atoms with Crippen molar-refractivity contribution in [2.75, 3.05) is 10.6 Å². The lowest BCUT2D eigenvalue weighted by atomic mass is 9.95. The number of aromatic nitrogens is 2. The molecule has 1 aromatic rings. The molecule has 0 amide bonds. The SMILES string of the molecule is O=[N+]([O-])c1c(NC2CCCCC2)ncnc1NC1CCCC1. The first-order valence-electron chi connectivity index (χ1n) is 8.26. The minimum Gasteiger partial charge on any atom is -0.361 e. The Bertz CT molecular complexity index is 525. The van der Waals surface area contributed by atoms with Gasteiger partial charge >= 0.3 is 5.69 Å². The van der Waals surface area contributed by atoms with E-state index in [0.29, 0.717) is 11.6 Å². The van der Waals surface area contributed by atoms with Crippen molar-refractivity contribution in [3.63, 3.8) is 0 Å². The van der Waals surface area contributed by atoms with Crippen LogP contribution in [0.25, 0.3) is 0 Å². The Balaban J connectivity index is 1.80. The van der Waals surface area contributed by atoms with Crippen LogP contribution >= 0.6 is 0 Å². The monoisotopic (exact) mass is 305 g/mol. The average Bonchev–Trinajstić information content (AvgIpc) is 3.01. The van der Waals surface area contributed by atoms with Crippen molar-refractivity contribution in [2.24, 2.45) is 0 Å². The number of hydrogen-bond acceptors (Lipinski definition) is 6. The predicted molar refractivity (Wildman–Crippen MR) is 85.1 cm³/mol. The Kier molecular flexibility index (Phi) is 4.70. The normalized spacial score (nSPS) is 20.0. The van der Waals surface area contributed by atoms with Crippen LogP contribution in [0.1, 0.15) is 57.8 Å². The van der Waals surface area contributed by atoms with E-state index in [0.717, 1.165) is 25.7 Å². The van der Waals surface area contributed by atoms with Crippen LogP contribution in [0.4, 0.5) is 17.3 Å². The van der Waals surface area contributed by atoms with Crippen LogP contribution in [-0.4, -0.2) is 27.0 Å². The summed E-state index contributed by atoms with van der Waals surface area (Å²) in [6.45, 7) is 0. The third kappa shape index (κ3) is 3.45. The molecule has 2 N–H and O–H groups in total. The summed E-state index contributed by atoms with van der Waals surface area (Å²) in [5.41, 5.74) is -0.0139. The van der Waals surface area contributed by atoms with Gasteiger partial charge in [-0.3, -0.25) is 10.1 Å². The van der Waals surface area contributed by atoms with Crippen LogP contribution in [0.2, 0.25) is 0 Å². The Morgan fingerprint density at radius 2 is 1.36 bits per heavy atom. The van der Waals surface area contributed by atoms with Gasteiger partial charge in [0.2, 0.25) is 11.6 Å². The van der Waals surface area contributed by atoms with E-state index in [2.05, 4.69) is 20.6 Å². The highest BCUT2D eigenvalue weighted by Gasteiger charge is 2.27.